The number of hydrogen-bond acceptors (Lipinski definition) is 2. The molecule has 1 fully saturated rings. The Balaban J connectivity index is 2.13. The first-order valence-corrected chi connectivity index (χ1v) is 7.65. The van der Waals surface area contributed by atoms with Crippen molar-refractivity contribution in [2.75, 3.05) is 0 Å². The minimum absolute atomic E-state index is 0.160. The fourth-order valence-electron chi connectivity index (χ4n) is 2.54. The maximum absolute atomic E-state index is 6.22. The molecule has 0 spiro atoms. The predicted octanol–water partition coefficient (Wildman–Crippen LogP) is 4.05. The standard InChI is InChI=1S/C15H22BrNO/c1-11(17)10-12-6-5-9-14(16)15(12)18-13-7-3-2-4-8-13/h5-6,9,11,13H,2-4,7-8,10,17H2,1H3. The third-order valence-corrected chi connectivity index (χ3v) is 4.05. The van der Waals surface area contributed by atoms with Crippen LogP contribution in [0.3, 0.4) is 0 Å². The summed E-state index contributed by atoms with van der Waals surface area (Å²) in [6, 6.07) is 6.37. The van der Waals surface area contributed by atoms with E-state index in [1.54, 1.807) is 0 Å². The van der Waals surface area contributed by atoms with Gasteiger partial charge in [-0.05, 0) is 66.6 Å². The van der Waals surface area contributed by atoms with Crippen molar-refractivity contribution in [1.82, 2.24) is 0 Å². The average Bonchev–Trinajstić information content (AvgIpc) is 2.34. The van der Waals surface area contributed by atoms with Gasteiger partial charge in [-0.15, -0.1) is 0 Å². The molecule has 2 N–H and O–H groups in total. The molecule has 1 aromatic carbocycles. The fourth-order valence-corrected chi connectivity index (χ4v) is 3.04. The zero-order valence-corrected chi connectivity index (χ0v) is 12.6. The smallest absolute Gasteiger partial charge is 0.137 e. The van der Waals surface area contributed by atoms with Crippen LogP contribution in [0.5, 0.6) is 5.75 Å². The lowest BCUT2D eigenvalue weighted by Crippen LogP contribution is -2.22. The largest absolute Gasteiger partial charge is 0.489 e. The molecule has 18 heavy (non-hydrogen) atoms. The summed E-state index contributed by atoms with van der Waals surface area (Å²) >= 11 is 3.60. The second-order valence-electron chi connectivity index (χ2n) is 5.29. The summed E-state index contributed by atoms with van der Waals surface area (Å²) in [4.78, 5) is 0. The molecule has 1 aliphatic rings. The van der Waals surface area contributed by atoms with Crippen molar-refractivity contribution in [3.05, 3.63) is 28.2 Å². The second kappa shape index (κ2) is 6.58. The van der Waals surface area contributed by atoms with Crippen LogP contribution in [0.1, 0.15) is 44.6 Å². The van der Waals surface area contributed by atoms with Gasteiger partial charge in [-0.1, -0.05) is 18.6 Å². The fraction of sp³-hybridized carbons (Fsp3) is 0.600. The Morgan fingerprint density at radius 3 is 2.72 bits per heavy atom. The number of benzene rings is 1. The number of ether oxygens (including phenoxy) is 1. The molecule has 0 radical (unpaired) electrons. The van der Waals surface area contributed by atoms with Crippen LogP contribution >= 0.6 is 15.9 Å². The van der Waals surface area contributed by atoms with Crippen molar-refractivity contribution in [2.45, 2.75) is 57.6 Å². The lowest BCUT2D eigenvalue weighted by atomic mass is 9.97. The molecule has 1 saturated carbocycles. The molecular weight excluding hydrogens is 290 g/mol. The summed E-state index contributed by atoms with van der Waals surface area (Å²) < 4.78 is 7.26. The topological polar surface area (TPSA) is 35.2 Å². The van der Waals surface area contributed by atoms with Crippen molar-refractivity contribution >= 4 is 15.9 Å². The molecule has 2 rings (SSSR count). The lowest BCUT2D eigenvalue weighted by molar-refractivity contribution is 0.152. The van der Waals surface area contributed by atoms with Gasteiger partial charge < -0.3 is 10.5 Å². The quantitative estimate of drug-likeness (QED) is 0.910. The van der Waals surface area contributed by atoms with Gasteiger partial charge in [0.1, 0.15) is 5.75 Å². The first kappa shape index (κ1) is 13.9. The minimum Gasteiger partial charge on any atom is -0.489 e. The first-order chi connectivity index (χ1) is 8.66. The van der Waals surface area contributed by atoms with Gasteiger partial charge in [-0.25, -0.2) is 0 Å². The number of halogens is 1. The Morgan fingerprint density at radius 2 is 2.06 bits per heavy atom. The highest BCUT2D eigenvalue weighted by Gasteiger charge is 2.18. The third kappa shape index (κ3) is 3.72. The molecule has 0 aliphatic heterocycles. The molecule has 0 amide bonds. The normalized spacial score (nSPS) is 18.6. The summed E-state index contributed by atoms with van der Waals surface area (Å²) in [5.74, 6) is 1.00. The summed E-state index contributed by atoms with van der Waals surface area (Å²) in [5.41, 5.74) is 7.12. The van der Waals surface area contributed by atoms with E-state index in [0.29, 0.717) is 6.10 Å². The summed E-state index contributed by atoms with van der Waals surface area (Å²) in [7, 11) is 0. The molecule has 0 saturated heterocycles. The summed E-state index contributed by atoms with van der Waals surface area (Å²) in [6.45, 7) is 2.03. The molecule has 1 aromatic rings. The molecule has 2 nitrogen and oxygen atoms in total. The molecule has 1 atom stereocenters. The predicted molar refractivity (Wildman–Crippen MR) is 79.0 cm³/mol. The maximum atomic E-state index is 6.22. The Labute approximate surface area is 118 Å². The van der Waals surface area contributed by atoms with Crippen LogP contribution in [0.4, 0.5) is 0 Å². The van der Waals surface area contributed by atoms with Crippen LogP contribution < -0.4 is 10.5 Å². The highest BCUT2D eigenvalue weighted by Crippen LogP contribution is 2.33. The lowest BCUT2D eigenvalue weighted by Gasteiger charge is -2.25. The van der Waals surface area contributed by atoms with Crippen molar-refractivity contribution in [2.24, 2.45) is 5.73 Å². The van der Waals surface area contributed by atoms with Crippen molar-refractivity contribution in [1.29, 1.82) is 0 Å². The molecule has 0 heterocycles. The number of nitrogens with two attached hydrogens (primary N) is 1. The van der Waals surface area contributed by atoms with Crippen molar-refractivity contribution in [3.8, 4) is 5.75 Å². The van der Waals surface area contributed by atoms with E-state index in [0.717, 1.165) is 16.6 Å². The van der Waals surface area contributed by atoms with Gasteiger partial charge in [0.15, 0.2) is 0 Å². The van der Waals surface area contributed by atoms with E-state index in [4.69, 9.17) is 10.5 Å². The van der Waals surface area contributed by atoms with Gasteiger partial charge in [0.05, 0.1) is 10.6 Å². The summed E-state index contributed by atoms with van der Waals surface area (Å²) in [6.07, 6.45) is 7.53. The Hall–Kier alpha value is -0.540. The molecule has 1 aliphatic carbocycles. The van der Waals surface area contributed by atoms with E-state index in [1.807, 2.05) is 13.0 Å². The van der Waals surface area contributed by atoms with Crippen LogP contribution in [0.15, 0.2) is 22.7 Å². The van der Waals surface area contributed by atoms with Crippen LogP contribution in [-0.2, 0) is 6.42 Å². The average molecular weight is 312 g/mol. The van der Waals surface area contributed by atoms with Gasteiger partial charge in [-0.2, -0.15) is 0 Å². The third-order valence-electron chi connectivity index (χ3n) is 3.43. The molecular formula is C15H22BrNO. The van der Waals surface area contributed by atoms with Gasteiger partial charge in [-0.3, -0.25) is 0 Å². The van der Waals surface area contributed by atoms with Gasteiger partial charge >= 0.3 is 0 Å². The van der Waals surface area contributed by atoms with E-state index in [9.17, 15) is 0 Å². The van der Waals surface area contributed by atoms with E-state index < -0.39 is 0 Å². The van der Waals surface area contributed by atoms with Crippen LogP contribution in [0.25, 0.3) is 0 Å². The molecule has 100 valence electrons. The zero-order chi connectivity index (χ0) is 13.0. The summed E-state index contributed by atoms with van der Waals surface area (Å²) in [5, 5.41) is 0. The van der Waals surface area contributed by atoms with Gasteiger partial charge in [0, 0.05) is 6.04 Å². The van der Waals surface area contributed by atoms with Crippen LogP contribution in [0, 0.1) is 0 Å². The number of hydrogen-bond donors (Lipinski definition) is 1. The Kier molecular flexibility index (Phi) is 5.07. The van der Waals surface area contributed by atoms with E-state index in [1.165, 1.54) is 37.7 Å². The molecule has 3 heteroatoms. The maximum Gasteiger partial charge on any atom is 0.137 e. The molecule has 0 bridgehead atoms. The Bertz CT molecular complexity index is 386. The highest BCUT2D eigenvalue weighted by molar-refractivity contribution is 9.10. The second-order valence-corrected chi connectivity index (χ2v) is 6.14. The first-order valence-electron chi connectivity index (χ1n) is 6.86. The van der Waals surface area contributed by atoms with E-state index in [-0.39, 0.29) is 6.04 Å². The van der Waals surface area contributed by atoms with Crippen LogP contribution in [0.2, 0.25) is 0 Å². The molecule has 0 aromatic heterocycles. The number of rotatable bonds is 4. The number of para-hydroxylation sites is 1. The zero-order valence-electron chi connectivity index (χ0n) is 11.0. The van der Waals surface area contributed by atoms with Crippen molar-refractivity contribution < 1.29 is 4.74 Å². The van der Waals surface area contributed by atoms with Gasteiger partial charge in [0.2, 0.25) is 0 Å². The monoisotopic (exact) mass is 311 g/mol. The molecule has 1 unspecified atom stereocenters. The van der Waals surface area contributed by atoms with Gasteiger partial charge in [0.25, 0.3) is 0 Å². The highest BCUT2D eigenvalue weighted by atomic mass is 79.9. The Morgan fingerprint density at radius 1 is 1.33 bits per heavy atom. The van der Waals surface area contributed by atoms with Crippen molar-refractivity contribution in [3.63, 3.8) is 0 Å². The minimum atomic E-state index is 0.160. The van der Waals surface area contributed by atoms with E-state index >= 15 is 0 Å². The SMILES string of the molecule is CC(N)Cc1cccc(Br)c1OC1CCCCC1. The van der Waals surface area contributed by atoms with E-state index in [2.05, 4.69) is 28.1 Å². The van der Waals surface area contributed by atoms with Crippen LogP contribution in [-0.4, -0.2) is 12.1 Å².